The number of halogens is 3. The van der Waals surface area contributed by atoms with Crippen molar-refractivity contribution in [3.63, 3.8) is 0 Å². The van der Waals surface area contributed by atoms with Crippen LogP contribution in [-0.2, 0) is 17.1 Å². The third-order valence-electron chi connectivity index (χ3n) is 3.72. The summed E-state index contributed by atoms with van der Waals surface area (Å²) in [6, 6.07) is 2.43. The molecule has 0 amide bonds. The summed E-state index contributed by atoms with van der Waals surface area (Å²) in [5.74, 6) is 0. The Hall–Kier alpha value is -2.42. The third-order valence-corrected chi connectivity index (χ3v) is 3.72. The van der Waals surface area contributed by atoms with Gasteiger partial charge in [-0.3, -0.25) is 9.67 Å². The Balaban J connectivity index is 2.01. The molecule has 122 valence electrons. The normalized spacial score (nSPS) is 23.9. The van der Waals surface area contributed by atoms with Crippen LogP contribution in [0.25, 0.3) is 0 Å². The summed E-state index contributed by atoms with van der Waals surface area (Å²) in [6.45, 7) is 0.184. The van der Waals surface area contributed by atoms with E-state index in [0.717, 1.165) is 6.20 Å². The highest BCUT2D eigenvalue weighted by atomic mass is 19.4. The van der Waals surface area contributed by atoms with E-state index >= 15 is 0 Å². The Morgan fingerprint density at radius 2 is 2.22 bits per heavy atom. The van der Waals surface area contributed by atoms with Crippen molar-refractivity contribution in [2.75, 3.05) is 4.90 Å². The van der Waals surface area contributed by atoms with Crippen molar-refractivity contribution >= 4 is 12.0 Å². The van der Waals surface area contributed by atoms with E-state index in [-0.39, 0.29) is 5.69 Å². The maximum atomic E-state index is 12.4. The number of rotatable bonds is 3. The van der Waals surface area contributed by atoms with Crippen LogP contribution in [0.2, 0.25) is 0 Å². The van der Waals surface area contributed by atoms with Crippen molar-refractivity contribution < 1.29 is 23.1 Å². The fourth-order valence-electron chi connectivity index (χ4n) is 2.87. The molecule has 3 rings (SSSR count). The molecular formula is C14H13F3N4O2. The van der Waals surface area contributed by atoms with Crippen LogP contribution < -0.4 is 4.90 Å². The number of hydrogen-bond acceptors (Lipinski definition) is 5. The molecule has 2 atom stereocenters. The summed E-state index contributed by atoms with van der Waals surface area (Å²) in [6.07, 6.45) is 0.00709. The second-order valence-corrected chi connectivity index (χ2v) is 5.42. The van der Waals surface area contributed by atoms with Crippen molar-refractivity contribution in [3.05, 3.63) is 42.0 Å². The Bertz CT molecular complexity index is 742. The van der Waals surface area contributed by atoms with Crippen LogP contribution in [0.3, 0.4) is 0 Å². The Kier molecular flexibility index (Phi) is 3.40. The van der Waals surface area contributed by atoms with Gasteiger partial charge in [-0.15, -0.1) is 0 Å². The molecule has 0 bridgehead atoms. The minimum Gasteiger partial charge on any atom is -0.366 e. The molecule has 0 saturated carbocycles. The van der Waals surface area contributed by atoms with Crippen molar-refractivity contribution in [3.8, 4) is 0 Å². The fourth-order valence-corrected chi connectivity index (χ4v) is 2.87. The molecule has 2 aromatic heterocycles. The van der Waals surface area contributed by atoms with E-state index < -0.39 is 24.5 Å². The molecule has 23 heavy (non-hydrogen) atoms. The van der Waals surface area contributed by atoms with E-state index in [1.807, 2.05) is 0 Å². The summed E-state index contributed by atoms with van der Waals surface area (Å²) in [4.78, 5) is 16.9. The van der Waals surface area contributed by atoms with Gasteiger partial charge in [0.1, 0.15) is 18.9 Å². The number of alkyl halides is 3. The quantitative estimate of drug-likeness (QED) is 0.871. The molecule has 3 heterocycles. The first-order chi connectivity index (χ1) is 10.7. The lowest BCUT2D eigenvalue weighted by Crippen LogP contribution is -2.41. The molecule has 2 aromatic rings. The molecule has 1 aliphatic rings. The maximum absolute atomic E-state index is 12.4. The Labute approximate surface area is 129 Å². The number of pyridine rings is 1. The molecule has 9 heteroatoms. The van der Waals surface area contributed by atoms with Gasteiger partial charge in [0.15, 0.2) is 5.72 Å². The lowest BCUT2D eigenvalue weighted by atomic mass is 10.1. The second-order valence-electron chi connectivity index (χ2n) is 5.42. The van der Waals surface area contributed by atoms with Gasteiger partial charge in [0.05, 0.1) is 17.6 Å². The summed E-state index contributed by atoms with van der Waals surface area (Å²) in [7, 11) is 0. The van der Waals surface area contributed by atoms with E-state index in [4.69, 9.17) is 0 Å². The summed E-state index contributed by atoms with van der Waals surface area (Å²) < 4.78 is 38.1. The summed E-state index contributed by atoms with van der Waals surface area (Å²) >= 11 is 0. The lowest BCUT2D eigenvalue weighted by molar-refractivity contribution is -0.142. The largest absolute Gasteiger partial charge is 0.408 e. The number of fused-ring (bicyclic) bond motifs is 1. The molecule has 0 fully saturated rings. The zero-order chi connectivity index (χ0) is 16.8. The predicted molar refractivity (Wildman–Crippen MR) is 73.4 cm³/mol. The van der Waals surface area contributed by atoms with Gasteiger partial charge in [0, 0.05) is 18.0 Å². The zero-order valence-corrected chi connectivity index (χ0v) is 12.0. The first-order valence-corrected chi connectivity index (χ1v) is 6.75. The number of carbonyl (C=O) groups excluding carboxylic acids is 1. The average molecular weight is 326 g/mol. The molecule has 1 N–H and O–H groups in total. The van der Waals surface area contributed by atoms with Gasteiger partial charge < -0.3 is 14.8 Å². The molecule has 0 radical (unpaired) electrons. The first-order valence-electron chi connectivity index (χ1n) is 6.75. The highest BCUT2D eigenvalue weighted by Crippen LogP contribution is 2.45. The van der Waals surface area contributed by atoms with Gasteiger partial charge >= 0.3 is 6.18 Å². The molecular weight excluding hydrogens is 313 g/mol. The van der Waals surface area contributed by atoms with Crippen molar-refractivity contribution in [2.45, 2.75) is 31.4 Å². The minimum atomic E-state index is -4.41. The van der Waals surface area contributed by atoms with Gasteiger partial charge in [-0.05, 0) is 13.0 Å². The molecule has 2 unspecified atom stereocenters. The lowest BCUT2D eigenvalue weighted by Gasteiger charge is -2.33. The van der Waals surface area contributed by atoms with E-state index in [1.54, 1.807) is 12.1 Å². The number of anilines is 1. The monoisotopic (exact) mass is 326 g/mol. The van der Waals surface area contributed by atoms with Crippen LogP contribution in [0.1, 0.15) is 24.2 Å². The second kappa shape index (κ2) is 5.05. The Morgan fingerprint density at radius 1 is 1.48 bits per heavy atom. The summed E-state index contributed by atoms with van der Waals surface area (Å²) in [5.41, 5.74) is -0.625. The Morgan fingerprint density at radius 3 is 2.87 bits per heavy atom. The number of hydrogen-bond donors (Lipinski definition) is 1. The number of aromatic nitrogens is 3. The van der Waals surface area contributed by atoms with E-state index in [2.05, 4.69) is 10.1 Å². The standard InChI is InChI=1S/C14H13F3N4O2/c1-13(23)12-10(3-2-4-18-12)11(7-22)21(13)9-5-19-20(6-9)8-14(15,16)17/h2-7,11,23H,8H2,1H3. The van der Waals surface area contributed by atoms with E-state index in [1.165, 1.54) is 24.2 Å². The van der Waals surface area contributed by atoms with Gasteiger partial charge in [-0.2, -0.15) is 18.3 Å². The fraction of sp³-hybridized carbons (Fsp3) is 0.357. The van der Waals surface area contributed by atoms with Crippen molar-refractivity contribution in [2.24, 2.45) is 0 Å². The van der Waals surface area contributed by atoms with Gasteiger partial charge in [0.2, 0.25) is 0 Å². The smallest absolute Gasteiger partial charge is 0.366 e. The van der Waals surface area contributed by atoms with E-state index in [0.29, 0.717) is 22.2 Å². The van der Waals surface area contributed by atoms with Crippen LogP contribution in [0, 0.1) is 0 Å². The van der Waals surface area contributed by atoms with Crippen LogP contribution in [-0.4, -0.2) is 32.3 Å². The molecule has 0 aliphatic carbocycles. The number of nitrogens with zero attached hydrogens (tertiary/aromatic N) is 4. The molecule has 0 spiro atoms. The zero-order valence-electron chi connectivity index (χ0n) is 12.0. The highest BCUT2D eigenvalue weighted by Gasteiger charge is 2.48. The molecule has 6 nitrogen and oxygen atoms in total. The number of carbonyl (C=O) groups is 1. The van der Waals surface area contributed by atoms with Crippen LogP contribution in [0.5, 0.6) is 0 Å². The molecule has 0 aromatic carbocycles. The van der Waals surface area contributed by atoms with Crippen LogP contribution in [0.4, 0.5) is 18.9 Å². The molecule has 1 aliphatic heterocycles. The highest BCUT2D eigenvalue weighted by molar-refractivity contribution is 5.73. The van der Waals surface area contributed by atoms with Crippen molar-refractivity contribution in [1.82, 2.24) is 14.8 Å². The first kappa shape index (κ1) is 15.5. The third kappa shape index (κ3) is 2.56. The van der Waals surface area contributed by atoms with E-state index in [9.17, 15) is 23.1 Å². The van der Waals surface area contributed by atoms with Crippen molar-refractivity contribution in [1.29, 1.82) is 0 Å². The van der Waals surface area contributed by atoms with Gasteiger partial charge in [-0.1, -0.05) is 6.07 Å². The topological polar surface area (TPSA) is 71.2 Å². The van der Waals surface area contributed by atoms with Crippen LogP contribution in [0.15, 0.2) is 30.7 Å². The van der Waals surface area contributed by atoms with Gasteiger partial charge in [-0.25, -0.2) is 0 Å². The van der Waals surface area contributed by atoms with Crippen LogP contribution >= 0.6 is 0 Å². The SMILES string of the molecule is CC1(O)c2ncccc2C(C=O)N1c1cnn(CC(F)(F)F)c1. The summed E-state index contributed by atoms with van der Waals surface area (Å²) in [5, 5.41) is 14.4. The maximum Gasteiger partial charge on any atom is 0.408 e. The van der Waals surface area contributed by atoms with Gasteiger partial charge in [0.25, 0.3) is 0 Å². The average Bonchev–Trinajstić information content (AvgIpc) is 2.98. The molecule has 0 saturated heterocycles. The minimum absolute atomic E-state index is 0.203. The predicted octanol–water partition coefficient (Wildman–Crippen LogP) is 1.77. The number of aliphatic hydroxyl groups is 1. The number of aldehydes is 1.